The van der Waals surface area contributed by atoms with Gasteiger partial charge in [-0.25, -0.2) is 0 Å². The van der Waals surface area contributed by atoms with E-state index in [1.54, 1.807) is 12.3 Å². The van der Waals surface area contributed by atoms with Gasteiger partial charge in [0, 0.05) is 6.20 Å². The zero-order valence-corrected chi connectivity index (χ0v) is 6.53. The minimum atomic E-state index is -0.161. The van der Waals surface area contributed by atoms with Crippen LogP contribution in [0.5, 0.6) is 0 Å². The molecule has 2 rings (SSSR count). The minimum absolute atomic E-state index is 0.126. The summed E-state index contributed by atoms with van der Waals surface area (Å²) in [5.41, 5.74) is 1.02. The Hall–Kier alpha value is -1.57. The highest BCUT2D eigenvalue weighted by molar-refractivity contribution is 5.97. The first-order valence-electron chi connectivity index (χ1n) is 3.89. The van der Waals surface area contributed by atoms with Gasteiger partial charge in [-0.2, -0.15) is 0 Å². The average Bonchev–Trinajstić information content (AvgIpc) is 2.53. The molecule has 12 heavy (non-hydrogen) atoms. The van der Waals surface area contributed by atoms with Crippen LogP contribution in [0.2, 0.25) is 0 Å². The number of hydrogen-bond donors (Lipinski definition) is 1. The summed E-state index contributed by atoms with van der Waals surface area (Å²) in [7, 11) is 0. The summed E-state index contributed by atoms with van der Waals surface area (Å²) in [6.07, 6.45) is 3.26. The van der Waals surface area contributed by atoms with Crippen molar-refractivity contribution in [2.75, 3.05) is 0 Å². The number of hydrogen-bond acceptors (Lipinski definition) is 2. The maximum Gasteiger partial charge on any atom is 0.183 e. The Morgan fingerprint density at radius 2 is 1.92 bits per heavy atom. The van der Waals surface area contributed by atoms with E-state index in [0.717, 1.165) is 5.56 Å². The van der Waals surface area contributed by atoms with Crippen LogP contribution in [0.4, 0.5) is 0 Å². The second-order valence-electron chi connectivity index (χ2n) is 2.75. The molecule has 1 unspecified atom stereocenters. The first-order valence-corrected chi connectivity index (χ1v) is 3.89. The first kappa shape index (κ1) is 7.10. The standard InChI is InChI=1S/C10H9NO/c12-9-6-7-11-10(9)8-4-2-1-3-5-8/h1-7,10-11H. The zero-order valence-electron chi connectivity index (χ0n) is 6.53. The van der Waals surface area contributed by atoms with Crippen molar-refractivity contribution in [1.29, 1.82) is 0 Å². The van der Waals surface area contributed by atoms with E-state index in [2.05, 4.69) is 5.32 Å². The van der Waals surface area contributed by atoms with Gasteiger partial charge < -0.3 is 5.32 Å². The summed E-state index contributed by atoms with van der Waals surface area (Å²) in [6.45, 7) is 0. The van der Waals surface area contributed by atoms with E-state index < -0.39 is 0 Å². The molecule has 0 saturated heterocycles. The van der Waals surface area contributed by atoms with E-state index in [1.165, 1.54) is 0 Å². The normalized spacial score (nSPS) is 21.0. The predicted molar refractivity (Wildman–Crippen MR) is 46.5 cm³/mol. The fourth-order valence-electron chi connectivity index (χ4n) is 1.31. The van der Waals surface area contributed by atoms with Crippen LogP contribution in [0, 0.1) is 0 Å². The third-order valence-corrected chi connectivity index (χ3v) is 1.93. The van der Waals surface area contributed by atoms with E-state index in [-0.39, 0.29) is 11.8 Å². The number of carbonyl (C=O) groups is 1. The lowest BCUT2D eigenvalue weighted by Crippen LogP contribution is -2.16. The molecule has 2 heteroatoms. The fourth-order valence-corrected chi connectivity index (χ4v) is 1.31. The Morgan fingerprint density at radius 3 is 2.50 bits per heavy atom. The Bertz CT molecular complexity index is 316. The molecule has 2 nitrogen and oxygen atoms in total. The van der Waals surface area contributed by atoms with E-state index in [9.17, 15) is 4.79 Å². The van der Waals surface area contributed by atoms with Gasteiger partial charge in [0.05, 0.1) is 0 Å². The Labute approximate surface area is 70.9 Å². The molecule has 0 aromatic heterocycles. The smallest absolute Gasteiger partial charge is 0.183 e. The van der Waals surface area contributed by atoms with Gasteiger partial charge in [-0.05, 0) is 11.6 Å². The largest absolute Gasteiger partial charge is 0.377 e. The van der Waals surface area contributed by atoms with Gasteiger partial charge in [-0.3, -0.25) is 4.79 Å². The van der Waals surface area contributed by atoms with E-state index in [4.69, 9.17) is 0 Å². The van der Waals surface area contributed by atoms with Crippen LogP contribution >= 0.6 is 0 Å². The van der Waals surface area contributed by atoms with Gasteiger partial charge in [0.1, 0.15) is 6.04 Å². The molecule has 1 atom stereocenters. The van der Waals surface area contributed by atoms with Gasteiger partial charge in [-0.15, -0.1) is 0 Å². The highest BCUT2D eigenvalue weighted by Crippen LogP contribution is 2.17. The Kier molecular flexibility index (Phi) is 1.67. The molecular formula is C10H9NO. The molecule has 0 saturated carbocycles. The molecule has 1 heterocycles. The maximum absolute atomic E-state index is 11.2. The second kappa shape index (κ2) is 2.81. The topological polar surface area (TPSA) is 29.1 Å². The number of carbonyl (C=O) groups excluding carboxylic acids is 1. The molecule has 1 aromatic rings. The van der Waals surface area contributed by atoms with Crippen molar-refractivity contribution in [2.24, 2.45) is 0 Å². The van der Waals surface area contributed by atoms with Crippen LogP contribution in [0.3, 0.4) is 0 Å². The van der Waals surface area contributed by atoms with Crippen molar-refractivity contribution in [2.45, 2.75) is 6.04 Å². The van der Waals surface area contributed by atoms with Crippen LogP contribution in [-0.2, 0) is 4.79 Å². The third kappa shape index (κ3) is 1.11. The van der Waals surface area contributed by atoms with Gasteiger partial charge >= 0.3 is 0 Å². The molecule has 0 radical (unpaired) electrons. The molecule has 0 aliphatic carbocycles. The molecule has 1 N–H and O–H groups in total. The second-order valence-corrected chi connectivity index (χ2v) is 2.75. The van der Waals surface area contributed by atoms with Gasteiger partial charge in [0.25, 0.3) is 0 Å². The van der Waals surface area contributed by atoms with Crippen molar-refractivity contribution >= 4 is 5.78 Å². The third-order valence-electron chi connectivity index (χ3n) is 1.93. The molecular weight excluding hydrogens is 150 g/mol. The van der Waals surface area contributed by atoms with Gasteiger partial charge in [0.2, 0.25) is 0 Å². The molecule has 0 bridgehead atoms. The summed E-state index contributed by atoms with van der Waals surface area (Å²) in [4.78, 5) is 11.2. The SMILES string of the molecule is O=C1C=CNC1c1ccccc1. The lowest BCUT2D eigenvalue weighted by molar-refractivity contribution is -0.115. The molecule has 1 aliphatic heterocycles. The molecule has 60 valence electrons. The summed E-state index contributed by atoms with van der Waals surface area (Å²) < 4.78 is 0. The summed E-state index contributed by atoms with van der Waals surface area (Å²) in [5.74, 6) is 0.126. The van der Waals surface area contributed by atoms with Crippen molar-refractivity contribution in [3.8, 4) is 0 Å². The summed E-state index contributed by atoms with van der Waals surface area (Å²) in [6, 6.07) is 9.54. The lowest BCUT2D eigenvalue weighted by atomic mass is 10.1. The number of nitrogens with one attached hydrogen (secondary N) is 1. The Balaban J connectivity index is 2.27. The Morgan fingerprint density at radius 1 is 1.17 bits per heavy atom. The van der Waals surface area contributed by atoms with Crippen LogP contribution in [-0.4, -0.2) is 5.78 Å². The lowest BCUT2D eigenvalue weighted by Gasteiger charge is -2.08. The van der Waals surface area contributed by atoms with Gasteiger partial charge in [-0.1, -0.05) is 30.3 Å². The van der Waals surface area contributed by atoms with E-state index >= 15 is 0 Å². The summed E-state index contributed by atoms with van der Waals surface area (Å²) in [5, 5.41) is 2.99. The van der Waals surface area contributed by atoms with Crippen molar-refractivity contribution in [3.63, 3.8) is 0 Å². The van der Waals surface area contributed by atoms with Gasteiger partial charge in [0.15, 0.2) is 5.78 Å². The highest BCUT2D eigenvalue weighted by atomic mass is 16.1. The number of rotatable bonds is 1. The zero-order chi connectivity index (χ0) is 8.39. The first-order chi connectivity index (χ1) is 5.88. The molecule has 0 fully saturated rings. The predicted octanol–water partition coefficient (Wildman–Crippen LogP) is 1.41. The van der Waals surface area contributed by atoms with Crippen LogP contribution in [0.15, 0.2) is 42.6 Å². The maximum atomic E-state index is 11.2. The van der Waals surface area contributed by atoms with Crippen molar-refractivity contribution in [3.05, 3.63) is 48.2 Å². The monoisotopic (exact) mass is 159 g/mol. The van der Waals surface area contributed by atoms with E-state index in [1.807, 2.05) is 30.3 Å². The number of benzene rings is 1. The molecule has 0 amide bonds. The van der Waals surface area contributed by atoms with Crippen molar-refractivity contribution < 1.29 is 4.79 Å². The number of ketones is 1. The van der Waals surface area contributed by atoms with E-state index in [0.29, 0.717) is 0 Å². The summed E-state index contributed by atoms with van der Waals surface area (Å²) >= 11 is 0. The average molecular weight is 159 g/mol. The minimum Gasteiger partial charge on any atom is -0.377 e. The molecule has 1 aromatic carbocycles. The van der Waals surface area contributed by atoms with Crippen LogP contribution in [0.25, 0.3) is 0 Å². The fraction of sp³-hybridized carbons (Fsp3) is 0.100. The molecule has 1 aliphatic rings. The highest BCUT2D eigenvalue weighted by Gasteiger charge is 2.19. The van der Waals surface area contributed by atoms with Crippen LogP contribution in [0.1, 0.15) is 11.6 Å². The molecule has 0 spiro atoms. The van der Waals surface area contributed by atoms with Crippen LogP contribution < -0.4 is 5.32 Å². The van der Waals surface area contributed by atoms with Crippen molar-refractivity contribution in [1.82, 2.24) is 5.32 Å². The quantitative estimate of drug-likeness (QED) is 0.671.